The molecule has 0 bridgehead atoms. The SMILES string of the molecule is CC1C2CNCCC2CCN1C1CC1. The van der Waals surface area contributed by atoms with E-state index in [1.165, 1.54) is 45.3 Å². The summed E-state index contributed by atoms with van der Waals surface area (Å²) in [6, 6.07) is 1.81. The van der Waals surface area contributed by atoms with Gasteiger partial charge in [0.05, 0.1) is 0 Å². The molecule has 0 aromatic heterocycles. The summed E-state index contributed by atoms with van der Waals surface area (Å²) in [6.07, 6.45) is 5.82. The lowest BCUT2D eigenvalue weighted by Gasteiger charge is -2.46. The van der Waals surface area contributed by atoms with Crippen LogP contribution in [0.15, 0.2) is 0 Å². The fraction of sp³-hybridized carbons (Fsp3) is 1.00. The molecule has 1 N–H and O–H groups in total. The van der Waals surface area contributed by atoms with Crippen LogP contribution in [-0.4, -0.2) is 36.6 Å². The minimum absolute atomic E-state index is 0.842. The number of rotatable bonds is 1. The van der Waals surface area contributed by atoms with Crippen molar-refractivity contribution in [3.05, 3.63) is 0 Å². The van der Waals surface area contributed by atoms with E-state index in [4.69, 9.17) is 0 Å². The van der Waals surface area contributed by atoms with Gasteiger partial charge in [-0.25, -0.2) is 0 Å². The first kappa shape index (κ1) is 9.17. The van der Waals surface area contributed by atoms with Crippen LogP contribution in [0.4, 0.5) is 0 Å². The summed E-state index contributed by atoms with van der Waals surface area (Å²) >= 11 is 0. The predicted molar refractivity (Wildman–Crippen MR) is 58.3 cm³/mol. The summed E-state index contributed by atoms with van der Waals surface area (Å²) in [5.41, 5.74) is 0. The van der Waals surface area contributed by atoms with Crippen LogP contribution in [0.3, 0.4) is 0 Å². The maximum atomic E-state index is 3.57. The molecule has 2 saturated heterocycles. The van der Waals surface area contributed by atoms with Gasteiger partial charge in [-0.2, -0.15) is 0 Å². The molecule has 0 spiro atoms. The van der Waals surface area contributed by atoms with Crippen molar-refractivity contribution in [1.82, 2.24) is 10.2 Å². The molecule has 1 saturated carbocycles. The van der Waals surface area contributed by atoms with E-state index in [1.807, 2.05) is 0 Å². The summed E-state index contributed by atoms with van der Waals surface area (Å²) in [5, 5.41) is 3.57. The van der Waals surface area contributed by atoms with Crippen LogP contribution >= 0.6 is 0 Å². The van der Waals surface area contributed by atoms with Gasteiger partial charge in [0, 0.05) is 12.1 Å². The Bertz CT molecular complexity index is 212. The first-order chi connectivity index (χ1) is 6.86. The molecule has 2 nitrogen and oxygen atoms in total. The Morgan fingerprint density at radius 3 is 2.79 bits per heavy atom. The summed E-state index contributed by atoms with van der Waals surface area (Å²) in [6.45, 7) is 6.38. The molecule has 3 unspecified atom stereocenters. The minimum atomic E-state index is 0.842. The van der Waals surface area contributed by atoms with E-state index in [1.54, 1.807) is 0 Å². The van der Waals surface area contributed by atoms with Crippen molar-refractivity contribution in [3.8, 4) is 0 Å². The second-order valence-electron chi connectivity index (χ2n) is 5.42. The minimum Gasteiger partial charge on any atom is -0.316 e. The monoisotopic (exact) mass is 194 g/mol. The lowest BCUT2D eigenvalue weighted by Crippen LogP contribution is -2.54. The average molecular weight is 194 g/mol. The fourth-order valence-electron chi connectivity index (χ4n) is 3.55. The summed E-state index contributed by atoms with van der Waals surface area (Å²) < 4.78 is 0. The Morgan fingerprint density at radius 1 is 1.14 bits per heavy atom. The number of fused-ring (bicyclic) bond motifs is 1. The predicted octanol–water partition coefficient (Wildman–Crippen LogP) is 1.47. The van der Waals surface area contributed by atoms with E-state index in [-0.39, 0.29) is 0 Å². The third kappa shape index (κ3) is 1.49. The van der Waals surface area contributed by atoms with Gasteiger partial charge in [-0.05, 0) is 64.1 Å². The van der Waals surface area contributed by atoms with Gasteiger partial charge in [0.25, 0.3) is 0 Å². The Balaban J connectivity index is 1.70. The van der Waals surface area contributed by atoms with Crippen molar-refractivity contribution >= 4 is 0 Å². The number of nitrogens with zero attached hydrogens (tertiary/aromatic N) is 1. The maximum absolute atomic E-state index is 3.57. The Labute approximate surface area is 87.0 Å². The molecule has 3 aliphatic rings. The van der Waals surface area contributed by atoms with E-state index >= 15 is 0 Å². The third-order valence-electron chi connectivity index (χ3n) is 4.59. The van der Waals surface area contributed by atoms with Crippen molar-refractivity contribution in [3.63, 3.8) is 0 Å². The zero-order chi connectivity index (χ0) is 9.54. The number of hydrogen-bond acceptors (Lipinski definition) is 2. The van der Waals surface area contributed by atoms with Crippen LogP contribution in [0.25, 0.3) is 0 Å². The van der Waals surface area contributed by atoms with Crippen LogP contribution in [0, 0.1) is 11.8 Å². The van der Waals surface area contributed by atoms with Gasteiger partial charge in [-0.15, -0.1) is 0 Å². The maximum Gasteiger partial charge on any atom is 0.0113 e. The van der Waals surface area contributed by atoms with Crippen LogP contribution in [-0.2, 0) is 0 Å². The molecule has 2 heterocycles. The lowest BCUT2D eigenvalue weighted by molar-refractivity contribution is 0.0358. The van der Waals surface area contributed by atoms with E-state index in [0.717, 1.165) is 23.9 Å². The average Bonchev–Trinajstić information content (AvgIpc) is 3.03. The molecule has 1 aliphatic carbocycles. The molecular weight excluding hydrogens is 172 g/mol. The standard InChI is InChI=1S/C12H22N2/c1-9-12-8-13-6-4-10(12)5-7-14(9)11-2-3-11/h9-13H,2-8H2,1H3. The van der Waals surface area contributed by atoms with Crippen LogP contribution < -0.4 is 5.32 Å². The molecule has 14 heavy (non-hydrogen) atoms. The molecule has 80 valence electrons. The fourth-order valence-corrected chi connectivity index (χ4v) is 3.55. The number of nitrogens with one attached hydrogen (secondary N) is 1. The summed E-state index contributed by atoms with van der Waals surface area (Å²) in [5.74, 6) is 1.97. The summed E-state index contributed by atoms with van der Waals surface area (Å²) in [4.78, 5) is 2.79. The second-order valence-corrected chi connectivity index (χ2v) is 5.42. The highest BCUT2D eigenvalue weighted by Gasteiger charge is 2.41. The smallest absolute Gasteiger partial charge is 0.0113 e. The first-order valence-corrected chi connectivity index (χ1v) is 6.32. The molecule has 2 heteroatoms. The topological polar surface area (TPSA) is 15.3 Å². The molecule has 3 atom stereocenters. The van der Waals surface area contributed by atoms with Crippen molar-refractivity contribution < 1.29 is 0 Å². The van der Waals surface area contributed by atoms with Gasteiger partial charge >= 0.3 is 0 Å². The molecular formula is C12H22N2. The largest absolute Gasteiger partial charge is 0.316 e. The quantitative estimate of drug-likeness (QED) is 0.680. The highest BCUT2D eigenvalue weighted by atomic mass is 15.2. The highest BCUT2D eigenvalue weighted by Crippen LogP contribution is 2.38. The number of hydrogen-bond donors (Lipinski definition) is 1. The number of piperidine rings is 2. The zero-order valence-electron chi connectivity index (χ0n) is 9.21. The molecule has 2 aliphatic heterocycles. The molecule has 0 radical (unpaired) electrons. The molecule has 0 aromatic rings. The van der Waals surface area contributed by atoms with Crippen molar-refractivity contribution in [1.29, 1.82) is 0 Å². The van der Waals surface area contributed by atoms with Crippen molar-refractivity contribution in [2.45, 2.75) is 44.7 Å². The third-order valence-corrected chi connectivity index (χ3v) is 4.59. The Kier molecular flexibility index (Phi) is 2.29. The van der Waals surface area contributed by atoms with E-state index in [2.05, 4.69) is 17.1 Å². The molecule has 3 fully saturated rings. The van der Waals surface area contributed by atoms with Gasteiger partial charge in [0.15, 0.2) is 0 Å². The number of likely N-dealkylation sites (tertiary alicyclic amines) is 1. The normalized spacial score (nSPS) is 44.8. The van der Waals surface area contributed by atoms with Gasteiger partial charge in [0.1, 0.15) is 0 Å². The zero-order valence-corrected chi connectivity index (χ0v) is 9.21. The molecule has 0 aromatic carbocycles. The Hall–Kier alpha value is -0.0800. The van der Waals surface area contributed by atoms with Crippen molar-refractivity contribution in [2.24, 2.45) is 11.8 Å². The van der Waals surface area contributed by atoms with E-state index in [9.17, 15) is 0 Å². The van der Waals surface area contributed by atoms with Crippen molar-refractivity contribution in [2.75, 3.05) is 19.6 Å². The molecule has 0 amide bonds. The van der Waals surface area contributed by atoms with Crippen LogP contribution in [0.5, 0.6) is 0 Å². The van der Waals surface area contributed by atoms with E-state index < -0.39 is 0 Å². The first-order valence-electron chi connectivity index (χ1n) is 6.32. The van der Waals surface area contributed by atoms with Gasteiger partial charge in [-0.1, -0.05) is 0 Å². The summed E-state index contributed by atoms with van der Waals surface area (Å²) in [7, 11) is 0. The van der Waals surface area contributed by atoms with Crippen LogP contribution in [0.2, 0.25) is 0 Å². The Morgan fingerprint density at radius 2 is 2.00 bits per heavy atom. The lowest BCUT2D eigenvalue weighted by atomic mass is 9.76. The van der Waals surface area contributed by atoms with E-state index in [0.29, 0.717) is 0 Å². The highest BCUT2D eigenvalue weighted by molar-refractivity contribution is 4.96. The van der Waals surface area contributed by atoms with Gasteiger partial charge in [0.2, 0.25) is 0 Å². The molecule has 3 rings (SSSR count). The van der Waals surface area contributed by atoms with Gasteiger partial charge < -0.3 is 5.32 Å². The van der Waals surface area contributed by atoms with Gasteiger partial charge in [-0.3, -0.25) is 4.90 Å². The second kappa shape index (κ2) is 3.49. The van der Waals surface area contributed by atoms with Crippen LogP contribution in [0.1, 0.15) is 32.6 Å².